The standard InChI is InChI=1S/C14H23N3O2/c1-11-8-15-14(16-11)13-10-19-7-4-17(13)9-12-2-5-18-6-3-12/h8,12-13H,2-7,9-10H2,1H3,(H,15,16)/t13-/m0/s1. The summed E-state index contributed by atoms with van der Waals surface area (Å²) in [4.78, 5) is 10.4. The van der Waals surface area contributed by atoms with Crippen LogP contribution in [0, 0.1) is 12.8 Å². The topological polar surface area (TPSA) is 50.4 Å². The van der Waals surface area contributed by atoms with Crippen LogP contribution in [0.5, 0.6) is 0 Å². The Morgan fingerprint density at radius 3 is 2.89 bits per heavy atom. The van der Waals surface area contributed by atoms with Crippen molar-refractivity contribution < 1.29 is 9.47 Å². The summed E-state index contributed by atoms with van der Waals surface area (Å²) in [5.74, 6) is 1.80. The summed E-state index contributed by atoms with van der Waals surface area (Å²) in [5.41, 5.74) is 1.12. The molecule has 0 radical (unpaired) electrons. The lowest BCUT2D eigenvalue weighted by molar-refractivity contribution is -0.0293. The van der Waals surface area contributed by atoms with Crippen LogP contribution in [0.1, 0.15) is 30.4 Å². The molecule has 2 aliphatic heterocycles. The molecule has 3 heterocycles. The normalized spacial score (nSPS) is 26.7. The molecule has 19 heavy (non-hydrogen) atoms. The minimum Gasteiger partial charge on any atom is -0.381 e. The van der Waals surface area contributed by atoms with Crippen LogP contribution in [0.2, 0.25) is 0 Å². The molecule has 1 aromatic heterocycles. The van der Waals surface area contributed by atoms with Gasteiger partial charge in [0.1, 0.15) is 5.82 Å². The highest BCUT2D eigenvalue weighted by atomic mass is 16.5. The molecule has 0 unspecified atom stereocenters. The van der Waals surface area contributed by atoms with E-state index >= 15 is 0 Å². The molecule has 0 spiro atoms. The number of imidazole rings is 1. The maximum Gasteiger partial charge on any atom is 0.126 e. The van der Waals surface area contributed by atoms with E-state index in [0.717, 1.165) is 57.0 Å². The summed E-state index contributed by atoms with van der Waals surface area (Å²) in [7, 11) is 0. The van der Waals surface area contributed by atoms with Gasteiger partial charge in [-0.2, -0.15) is 0 Å². The summed E-state index contributed by atoms with van der Waals surface area (Å²) in [6, 6.07) is 0.283. The van der Waals surface area contributed by atoms with E-state index in [2.05, 4.69) is 14.9 Å². The Balaban J connectivity index is 1.66. The number of hydrogen-bond acceptors (Lipinski definition) is 4. The lowest BCUT2D eigenvalue weighted by Crippen LogP contribution is -2.43. The van der Waals surface area contributed by atoms with Gasteiger partial charge in [-0.25, -0.2) is 4.98 Å². The molecule has 0 amide bonds. The van der Waals surface area contributed by atoms with Gasteiger partial charge in [-0.1, -0.05) is 0 Å². The number of aryl methyl sites for hydroxylation is 1. The van der Waals surface area contributed by atoms with Gasteiger partial charge in [0, 0.05) is 38.2 Å². The highest BCUT2D eigenvalue weighted by Crippen LogP contribution is 2.25. The SMILES string of the molecule is Cc1cnc([C@@H]2COCCN2CC2CCOCC2)[nH]1. The molecule has 1 aromatic rings. The second kappa shape index (κ2) is 6.03. The molecule has 1 atom stereocenters. The minimum absolute atomic E-state index is 0.283. The van der Waals surface area contributed by atoms with Gasteiger partial charge in [0.15, 0.2) is 0 Å². The summed E-state index contributed by atoms with van der Waals surface area (Å²) < 4.78 is 11.1. The summed E-state index contributed by atoms with van der Waals surface area (Å²) in [6.07, 6.45) is 4.26. The first-order chi connectivity index (χ1) is 9.33. The van der Waals surface area contributed by atoms with E-state index in [1.807, 2.05) is 13.1 Å². The van der Waals surface area contributed by atoms with Crippen molar-refractivity contribution in [2.45, 2.75) is 25.8 Å². The van der Waals surface area contributed by atoms with Crippen LogP contribution in [0.15, 0.2) is 6.20 Å². The Morgan fingerprint density at radius 2 is 2.16 bits per heavy atom. The molecule has 2 aliphatic rings. The van der Waals surface area contributed by atoms with Gasteiger partial charge < -0.3 is 14.5 Å². The fourth-order valence-electron chi connectivity index (χ4n) is 2.97. The fourth-order valence-corrected chi connectivity index (χ4v) is 2.97. The molecule has 0 aromatic carbocycles. The summed E-state index contributed by atoms with van der Waals surface area (Å²) >= 11 is 0. The predicted molar refractivity (Wildman–Crippen MR) is 72.0 cm³/mol. The molecule has 0 aliphatic carbocycles. The lowest BCUT2D eigenvalue weighted by atomic mass is 9.98. The average Bonchev–Trinajstić information content (AvgIpc) is 2.87. The number of nitrogens with one attached hydrogen (secondary N) is 1. The van der Waals surface area contributed by atoms with Gasteiger partial charge in [0.2, 0.25) is 0 Å². The molecule has 0 bridgehead atoms. The van der Waals surface area contributed by atoms with Crippen molar-refractivity contribution in [1.29, 1.82) is 0 Å². The smallest absolute Gasteiger partial charge is 0.126 e. The van der Waals surface area contributed by atoms with Crippen molar-refractivity contribution in [3.8, 4) is 0 Å². The Labute approximate surface area is 114 Å². The van der Waals surface area contributed by atoms with E-state index in [1.165, 1.54) is 12.8 Å². The highest BCUT2D eigenvalue weighted by molar-refractivity contribution is 5.04. The minimum atomic E-state index is 0.283. The van der Waals surface area contributed by atoms with Crippen LogP contribution < -0.4 is 0 Å². The van der Waals surface area contributed by atoms with Crippen molar-refractivity contribution in [2.24, 2.45) is 5.92 Å². The molecule has 106 valence electrons. The maximum atomic E-state index is 5.64. The number of H-pyrrole nitrogens is 1. The molecule has 3 rings (SSSR count). The van der Waals surface area contributed by atoms with Gasteiger partial charge in [-0.15, -0.1) is 0 Å². The van der Waals surface area contributed by atoms with Crippen molar-refractivity contribution >= 4 is 0 Å². The van der Waals surface area contributed by atoms with Crippen molar-refractivity contribution in [2.75, 3.05) is 39.5 Å². The van der Waals surface area contributed by atoms with E-state index in [9.17, 15) is 0 Å². The summed E-state index contributed by atoms with van der Waals surface area (Å²) in [5, 5.41) is 0. The van der Waals surface area contributed by atoms with Gasteiger partial charge in [0.05, 0.1) is 19.3 Å². The molecular formula is C14H23N3O2. The zero-order valence-electron chi connectivity index (χ0n) is 11.6. The second-order valence-corrected chi connectivity index (χ2v) is 5.59. The van der Waals surface area contributed by atoms with Crippen LogP contribution in [-0.4, -0.2) is 54.4 Å². The first-order valence-electron chi connectivity index (χ1n) is 7.24. The van der Waals surface area contributed by atoms with Crippen molar-refractivity contribution in [1.82, 2.24) is 14.9 Å². The quantitative estimate of drug-likeness (QED) is 0.900. The first kappa shape index (κ1) is 13.1. The largest absolute Gasteiger partial charge is 0.381 e. The molecule has 5 nitrogen and oxygen atoms in total. The summed E-state index contributed by atoms with van der Waals surface area (Å²) in [6.45, 7) is 7.59. The molecule has 5 heteroatoms. The van der Waals surface area contributed by atoms with Gasteiger partial charge in [0.25, 0.3) is 0 Å². The highest BCUT2D eigenvalue weighted by Gasteiger charge is 2.29. The monoisotopic (exact) mass is 265 g/mol. The van der Waals surface area contributed by atoms with Gasteiger partial charge in [-0.05, 0) is 25.7 Å². The number of hydrogen-bond donors (Lipinski definition) is 1. The van der Waals surface area contributed by atoms with Gasteiger partial charge in [-0.3, -0.25) is 4.90 Å². The fraction of sp³-hybridized carbons (Fsp3) is 0.786. The van der Waals surface area contributed by atoms with Crippen LogP contribution in [0.25, 0.3) is 0 Å². The Morgan fingerprint density at radius 1 is 1.32 bits per heavy atom. The Bertz CT molecular complexity index is 401. The molecule has 2 fully saturated rings. The molecule has 1 N–H and O–H groups in total. The molecule has 2 saturated heterocycles. The predicted octanol–water partition coefficient (Wildman–Crippen LogP) is 1.52. The third-order valence-corrected chi connectivity index (χ3v) is 4.11. The zero-order chi connectivity index (χ0) is 13.1. The number of aromatic amines is 1. The number of ether oxygens (including phenoxy) is 2. The maximum absolute atomic E-state index is 5.64. The average molecular weight is 265 g/mol. The van der Waals surface area contributed by atoms with Crippen LogP contribution in [0.3, 0.4) is 0 Å². The van der Waals surface area contributed by atoms with E-state index < -0.39 is 0 Å². The van der Waals surface area contributed by atoms with Gasteiger partial charge >= 0.3 is 0 Å². The third kappa shape index (κ3) is 3.16. The second-order valence-electron chi connectivity index (χ2n) is 5.59. The van der Waals surface area contributed by atoms with E-state index in [1.54, 1.807) is 0 Å². The molecule has 0 saturated carbocycles. The first-order valence-corrected chi connectivity index (χ1v) is 7.24. The Hall–Kier alpha value is -0.910. The number of aromatic nitrogens is 2. The lowest BCUT2D eigenvalue weighted by Gasteiger charge is -2.37. The van der Waals surface area contributed by atoms with Crippen molar-refractivity contribution in [3.05, 3.63) is 17.7 Å². The molecular weight excluding hydrogens is 242 g/mol. The zero-order valence-corrected chi connectivity index (χ0v) is 11.6. The van der Waals surface area contributed by atoms with Crippen molar-refractivity contribution in [3.63, 3.8) is 0 Å². The number of rotatable bonds is 3. The Kier molecular flexibility index (Phi) is 4.15. The van der Waals surface area contributed by atoms with Crippen LogP contribution in [-0.2, 0) is 9.47 Å². The van der Waals surface area contributed by atoms with Crippen LogP contribution in [0.4, 0.5) is 0 Å². The van der Waals surface area contributed by atoms with E-state index in [-0.39, 0.29) is 6.04 Å². The van der Waals surface area contributed by atoms with E-state index in [4.69, 9.17) is 9.47 Å². The third-order valence-electron chi connectivity index (χ3n) is 4.11. The van der Waals surface area contributed by atoms with E-state index in [0.29, 0.717) is 0 Å². The van der Waals surface area contributed by atoms with Crippen LogP contribution >= 0.6 is 0 Å². The number of morpholine rings is 1. The number of nitrogens with zero attached hydrogens (tertiary/aromatic N) is 2.